The van der Waals surface area contributed by atoms with Crippen molar-refractivity contribution >= 4 is 17.3 Å². The predicted molar refractivity (Wildman–Crippen MR) is 67.4 cm³/mol. The van der Waals surface area contributed by atoms with Crippen molar-refractivity contribution in [2.45, 2.75) is 0 Å². The lowest BCUT2D eigenvalue weighted by Gasteiger charge is -2.10. The number of hydrogen-bond donors (Lipinski definition) is 2. The van der Waals surface area contributed by atoms with Crippen LogP contribution in [0.3, 0.4) is 0 Å². The number of aromatic carboxylic acids is 1. The van der Waals surface area contributed by atoms with Gasteiger partial charge in [-0.2, -0.15) is 0 Å². The molecular formula is C13H11FN2O3. The summed E-state index contributed by atoms with van der Waals surface area (Å²) in [5.74, 6) is -1.50. The summed E-state index contributed by atoms with van der Waals surface area (Å²) in [6, 6.07) is 5.62. The number of pyridine rings is 1. The Hall–Kier alpha value is -2.63. The SMILES string of the molecule is COc1ccc(Nc2cnccc2C(=O)O)cc1F. The number of nitrogens with one attached hydrogen (secondary N) is 1. The molecule has 2 rings (SSSR count). The van der Waals surface area contributed by atoms with E-state index >= 15 is 0 Å². The van der Waals surface area contributed by atoms with Gasteiger partial charge >= 0.3 is 5.97 Å². The highest BCUT2D eigenvalue weighted by atomic mass is 19.1. The minimum atomic E-state index is -1.08. The molecule has 0 spiro atoms. The largest absolute Gasteiger partial charge is 0.494 e. The summed E-state index contributed by atoms with van der Waals surface area (Å²) in [6.45, 7) is 0. The molecule has 0 radical (unpaired) electrons. The van der Waals surface area contributed by atoms with Crippen LogP contribution in [0.5, 0.6) is 5.75 Å². The van der Waals surface area contributed by atoms with Crippen molar-refractivity contribution in [1.82, 2.24) is 4.98 Å². The van der Waals surface area contributed by atoms with Gasteiger partial charge in [0.2, 0.25) is 0 Å². The first-order valence-electron chi connectivity index (χ1n) is 5.39. The van der Waals surface area contributed by atoms with Crippen LogP contribution in [0.2, 0.25) is 0 Å². The molecule has 0 saturated heterocycles. The van der Waals surface area contributed by atoms with Crippen LogP contribution in [-0.2, 0) is 0 Å². The molecule has 19 heavy (non-hydrogen) atoms. The zero-order chi connectivity index (χ0) is 13.8. The Kier molecular flexibility index (Phi) is 3.61. The van der Waals surface area contributed by atoms with Crippen molar-refractivity contribution in [3.63, 3.8) is 0 Å². The average Bonchev–Trinajstić information content (AvgIpc) is 2.39. The van der Waals surface area contributed by atoms with Crippen LogP contribution in [0.15, 0.2) is 36.7 Å². The van der Waals surface area contributed by atoms with Gasteiger partial charge in [0, 0.05) is 18.0 Å². The maximum absolute atomic E-state index is 13.5. The molecule has 98 valence electrons. The smallest absolute Gasteiger partial charge is 0.337 e. The van der Waals surface area contributed by atoms with Gasteiger partial charge in [0.25, 0.3) is 0 Å². The molecule has 5 nitrogen and oxygen atoms in total. The van der Waals surface area contributed by atoms with Gasteiger partial charge in [-0.25, -0.2) is 9.18 Å². The highest BCUT2D eigenvalue weighted by Crippen LogP contribution is 2.24. The van der Waals surface area contributed by atoms with Crippen molar-refractivity contribution < 1.29 is 19.0 Å². The number of benzene rings is 1. The number of carboxylic acid groups (broad SMARTS) is 1. The quantitative estimate of drug-likeness (QED) is 0.886. The van der Waals surface area contributed by atoms with E-state index < -0.39 is 11.8 Å². The number of ether oxygens (including phenoxy) is 1. The van der Waals surface area contributed by atoms with Crippen LogP contribution in [-0.4, -0.2) is 23.2 Å². The van der Waals surface area contributed by atoms with Crippen LogP contribution < -0.4 is 10.1 Å². The van der Waals surface area contributed by atoms with E-state index in [-0.39, 0.29) is 11.3 Å². The summed E-state index contributed by atoms with van der Waals surface area (Å²) in [7, 11) is 1.37. The number of hydrogen-bond acceptors (Lipinski definition) is 4. The van der Waals surface area contributed by atoms with Gasteiger partial charge in [-0.05, 0) is 18.2 Å². The monoisotopic (exact) mass is 262 g/mol. The third-order valence-electron chi connectivity index (χ3n) is 2.48. The Morgan fingerprint density at radius 1 is 1.42 bits per heavy atom. The summed E-state index contributed by atoms with van der Waals surface area (Å²) in [5.41, 5.74) is 0.764. The number of nitrogens with zero attached hydrogens (tertiary/aromatic N) is 1. The first-order valence-corrected chi connectivity index (χ1v) is 5.39. The van der Waals surface area contributed by atoms with E-state index in [1.54, 1.807) is 6.07 Å². The molecule has 0 unspecified atom stereocenters. The zero-order valence-electron chi connectivity index (χ0n) is 10.1. The van der Waals surface area contributed by atoms with Crippen molar-refractivity contribution in [3.8, 4) is 5.75 Å². The molecule has 0 amide bonds. The summed E-state index contributed by atoms with van der Waals surface area (Å²) in [5, 5.41) is 11.8. The van der Waals surface area contributed by atoms with Gasteiger partial charge in [-0.3, -0.25) is 4.98 Å². The molecule has 0 saturated carbocycles. The lowest BCUT2D eigenvalue weighted by Crippen LogP contribution is -2.03. The van der Waals surface area contributed by atoms with Crippen LogP contribution in [0.25, 0.3) is 0 Å². The molecule has 1 heterocycles. The van der Waals surface area contributed by atoms with E-state index in [1.165, 1.54) is 37.7 Å². The first-order chi connectivity index (χ1) is 9.11. The maximum Gasteiger partial charge on any atom is 0.337 e. The fraction of sp³-hybridized carbons (Fsp3) is 0.0769. The molecule has 2 aromatic rings. The van der Waals surface area contributed by atoms with Crippen LogP contribution in [0.4, 0.5) is 15.8 Å². The molecule has 0 atom stereocenters. The predicted octanol–water partition coefficient (Wildman–Crippen LogP) is 2.67. The van der Waals surface area contributed by atoms with E-state index in [0.29, 0.717) is 11.4 Å². The number of carbonyl (C=O) groups is 1. The molecule has 0 fully saturated rings. The molecule has 0 aliphatic carbocycles. The average molecular weight is 262 g/mol. The van der Waals surface area contributed by atoms with Crippen LogP contribution in [0.1, 0.15) is 10.4 Å². The van der Waals surface area contributed by atoms with Gasteiger partial charge in [-0.1, -0.05) is 0 Å². The Morgan fingerprint density at radius 2 is 2.21 bits per heavy atom. The van der Waals surface area contributed by atoms with Crippen molar-refractivity contribution in [1.29, 1.82) is 0 Å². The molecule has 1 aromatic heterocycles. The van der Waals surface area contributed by atoms with Crippen molar-refractivity contribution in [2.75, 3.05) is 12.4 Å². The third-order valence-corrected chi connectivity index (χ3v) is 2.48. The number of carboxylic acids is 1. The van der Waals surface area contributed by atoms with E-state index in [2.05, 4.69) is 10.3 Å². The Bertz CT molecular complexity index is 617. The standard InChI is InChI=1S/C13H11FN2O3/c1-19-12-3-2-8(6-10(12)14)16-11-7-15-5-4-9(11)13(17)18/h2-7,16H,1H3,(H,17,18). The van der Waals surface area contributed by atoms with Crippen LogP contribution in [0, 0.1) is 5.82 Å². The van der Waals surface area contributed by atoms with E-state index in [0.717, 1.165) is 0 Å². The van der Waals surface area contributed by atoms with Gasteiger partial charge in [-0.15, -0.1) is 0 Å². The van der Waals surface area contributed by atoms with E-state index in [4.69, 9.17) is 9.84 Å². The Morgan fingerprint density at radius 3 is 2.84 bits per heavy atom. The Balaban J connectivity index is 2.31. The minimum Gasteiger partial charge on any atom is -0.494 e. The normalized spacial score (nSPS) is 10.0. The molecule has 2 N–H and O–H groups in total. The third kappa shape index (κ3) is 2.79. The number of halogens is 1. The second kappa shape index (κ2) is 5.34. The van der Waals surface area contributed by atoms with Gasteiger partial charge in [0.05, 0.1) is 24.6 Å². The van der Waals surface area contributed by atoms with Gasteiger partial charge < -0.3 is 15.2 Å². The highest BCUT2D eigenvalue weighted by molar-refractivity contribution is 5.94. The lowest BCUT2D eigenvalue weighted by atomic mass is 10.2. The molecule has 6 heteroatoms. The summed E-state index contributed by atoms with van der Waals surface area (Å²) >= 11 is 0. The molecule has 0 aliphatic rings. The topological polar surface area (TPSA) is 71.5 Å². The lowest BCUT2D eigenvalue weighted by molar-refractivity contribution is 0.0698. The second-order valence-electron chi connectivity index (χ2n) is 3.70. The first kappa shape index (κ1) is 12.8. The zero-order valence-corrected chi connectivity index (χ0v) is 10.1. The highest BCUT2D eigenvalue weighted by Gasteiger charge is 2.10. The summed E-state index contributed by atoms with van der Waals surface area (Å²) in [6.07, 6.45) is 2.74. The summed E-state index contributed by atoms with van der Waals surface area (Å²) < 4.78 is 18.3. The minimum absolute atomic E-state index is 0.0613. The maximum atomic E-state index is 13.5. The van der Waals surface area contributed by atoms with Crippen LogP contribution >= 0.6 is 0 Å². The number of aromatic nitrogens is 1. The number of anilines is 2. The van der Waals surface area contributed by atoms with Crippen molar-refractivity contribution in [3.05, 3.63) is 48.0 Å². The molecule has 0 aliphatic heterocycles. The second-order valence-corrected chi connectivity index (χ2v) is 3.70. The number of methoxy groups -OCH3 is 1. The summed E-state index contributed by atoms with van der Waals surface area (Å²) in [4.78, 5) is 14.9. The van der Waals surface area contributed by atoms with Crippen molar-refractivity contribution in [2.24, 2.45) is 0 Å². The van der Waals surface area contributed by atoms with E-state index in [1.807, 2.05) is 0 Å². The Labute approximate surface area is 108 Å². The molecule has 1 aromatic carbocycles. The number of rotatable bonds is 4. The van der Waals surface area contributed by atoms with E-state index in [9.17, 15) is 9.18 Å². The van der Waals surface area contributed by atoms with Gasteiger partial charge in [0.15, 0.2) is 11.6 Å². The fourth-order valence-electron chi connectivity index (χ4n) is 1.58. The molecular weight excluding hydrogens is 251 g/mol. The molecule has 0 bridgehead atoms. The van der Waals surface area contributed by atoms with Gasteiger partial charge in [0.1, 0.15) is 0 Å². The fourth-order valence-corrected chi connectivity index (χ4v) is 1.58.